The minimum atomic E-state index is -1.15. The van der Waals surface area contributed by atoms with Gasteiger partial charge in [0, 0.05) is 19.3 Å². The summed E-state index contributed by atoms with van der Waals surface area (Å²) < 4.78 is 17.1. The summed E-state index contributed by atoms with van der Waals surface area (Å²) in [5.41, 5.74) is 0. The predicted octanol–water partition coefficient (Wildman–Crippen LogP) is 12.2. The van der Waals surface area contributed by atoms with Gasteiger partial charge in [0.15, 0.2) is 6.10 Å². The Labute approximate surface area is 383 Å². The van der Waals surface area contributed by atoms with Crippen molar-refractivity contribution in [2.75, 3.05) is 41.0 Å². The Bertz CT molecular complexity index is 1480. The number of hydrogen-bond acceptors (Lipinski definition) is 7. The Hall–Kier alpha value is -4.53. The minimum absolute atomic E-state index is 0.00332. The summed E-state index contributed by atoms with van der Waals surface area (Å²) in [5.74, 6) is -1.88. The van der Waals surface area contributed by atoms with Gasteiger partial charge in [-0.3, -0.25) is 9.59 Å². The lowest BCUT2D eigenvalue weighted by Gasteiger charge is -2.34. The van der Waals surface area contributed by atoms with Crippen LogP contribution in [0.5, 0.6) is 0 Å². The molecule has 0 aliphatic heterocycles. The van der Waals surface area contributed by atoms with Gasteiger partial charge in [-0.1, -0.05) is 154 Å². The first-order valence-corrected chi connectivity index (χ1v) is 23.7. The zero-order valence-corrected chi connectivity index (χ0v) is 39.9. The second-order valence-electron chi connectivity index (χ2n) is 16.2. The summed E-state index contributed by atoms with van der Waals surface area (Å²) in [6.45, 7) is 4.31. The van der Waals surface area contributed by atoms with Crippen LogP contribution >= 0.6 is 0 Å². The lowest BCUT2D eigenvalue weighted by molar-refractivity contribution is -0.889. The zero-order chi connectivity index (χ0) is 46.3. The van der Waals surface area contributed by atoms with Gasteiger partial charge in [-0.05, 0) is 103 Å². The van der Waals surface area contributed by atoms with E-state index in [-0.39, 0.29) is 55.5 Å². The molecule has 0 aliphatic rings. The number of carboxylic acid groups (broad SMARTS) is 1. The maximum absolute atomic E-state index is 12.7. The van der Waals surface area contributed by atoms with Crippen LogP contribution in [0.2, 0.25) is 0 Å². The molecule has 2 unspecified atom stereocenters. The van der Waals surface area contributed by atoms with E-state index in [0.717, 1.165) is 96.3 Å². The number of quaternary nitrogens is 1. The van der Waals surface area contributed by atoms with Crippen LogP contribution in [0.3, 0.4) is 0 Å². The van der Waals surface area contributed by atoms with E-state index in [4.69, 9.17) is 14.2 Å². The molecule has 0 amide bonds. The Morgan fingerprint density at radius 1 is 0.476 bits per heavy atom. The summed E-state index contributed by atoms with van der Waals surface area (Å²) in [4.78, 5) is 36.9. The molecule has 0 N–H and O–H groups in total. The molecular weight excluding hydrogens is 787 g/mol. The number of likely N-dealkylation sites (N-methyl/N-ethyl adjacent to an activating group) is 1. The van der Waals surface area contributed by atoms with Crippen LogP contribution in [0.25, 0.3) is 0 Å². The van der Waals surface area contributed by atoms with E-state index in [1.807, 2.05) is 0 Å². The van der Waals surface area contributed by atoms with Crippen LogP contribution in [0.1, 0.15) is 142 Å². The summed E-state index contributed by atoms with van der Waals surface area (Å²) in [6.07, 6.45) is 63.5. The molecule has 0 aromatic heterocycles. The number of carbonyl (C=O) groups excluding carboxylic acids is 3. The monoisotopic (exact) mass is 872 g/mol. The van der Waals surface area contributed by atoms with E-state index in [2.05, 4.69) is 148 Å². The smallest absolute Gasteiger partial charge is 0.306 e. The van der Waals surface area contributed by atoms with Crippen LogP contribution < -0.4 is 5.11 Å². The molecule has 0 bridgehead atoms. The maximum Gasteiger partial charge on any atom is 0.306 e. The molecule has 8 heteroatoms. The fraction of sp³-hybridized carbons (Fsp3) is 0.545. The van der Waals surface area contributed by atoms with Crippen LogP contribution in [0.4, 0.5) is 0 Å². The third kappa shape index (κ3) is 42.5. The van der Waals surface area contributed by atoms with Crippen LogP contribution in [0.15, 0.2) is 134 Å². The highest BCUT2D eigenvalue weighted by Crippen LogP contribution is 2.11. The number of aliphatic carboxylic acids is 1. The number of rotatable bonds is 40. The Kier molecular flexibility index (Phi) is 40.9. The number of carboxylic acids is 1. The van der Waals surface area contributed by atoms with E-state index in [9.17, 15) is 19.5 Å². The summed E-state index contributed by atoms with van der Waals surface area (Å²) in [7, 11) is 5.36. The molecule has 63 heavy (non-hydrogen) atoms. The number of ether oxygens (including phenoxy) is 3. The Balaban J connectivity index is 4.48. The number of carbonyl (C=O) groups is 3. The molecule has 0 radical (unpaired) electrons. The molecular formula is C55H85NO7. The molecule has 8 nitrogen and oxygen atoms in total. The molecule has 2 atom stereocenters. The lowest BCUT2D eigenvalue weighted by atomic mass is 10.1. The maximum atomic E-state index is 12.7. The predicted molar refractivity (Wildman–Crippen MR) is 263 cm³/mol. The van der Waals surface area contributed by atoms with Gasteiger partial charge in [0.2, 0.25) is 0 Å². The highest BCUT2D eigenvalue weighted by molar-refractivity contribution is 5.70. The van der Waals surface area contributed by atoms with Gasteiger partial charge in [0.05, 0.1) is 40.3 Å². The van der Waals surface area contributed by atoms with E-state index >= 15 is 0 Å². The van der Waals surface area contributed by atoms with Gasteiger partial charge in [-0.15, -0.1) is 0 Å². The van der Waals surface area contributed by atoms with Gasteiger partial charge < -0.3 is 28.6 Å². The van der Waals surface area contributed by atoms with Crippen LogP contribution in [0, 0.1) is 0 Å². The number of unbranched alkanes of at least 4 members (excludes halogenated alkanes) is 4. The van der Waals surface area contributed by atoms with Crippen molar-refractivity contribution < 1.29 is 38.2 Å². The van der Waals surface area contributed by atoms with E-state index < -0.39 is 18.1 Å². The lowest BCUT2D eigenvalue weighted by Crippen LogP contribution is -2.55. The average Bonchev–Trinajstić information content (AvgIpc) is 3.24. The SMILES string of the molecule is CC/C=C/C/C=C/C/C=C/C/C=C/C/C=C/C/C=C/CCCCCC(=O)OCC(COCCC(C(=O)[O-])[N+](C)(C)C)OC(=O)CCC/C=C/C/C=C/C/C=C/C/C=C/C/C=C/CC. The van der Waals surface area contributed by atoms with Crippen molar-refractivity contribution in [3.8, 4) is 0 Å². The van der Waals surface area contributed by atoms with Crippen molar-refractivity contribution in [2.24, 2.45) is 0 Å². The van der Waals surface area contributed by atoms with Gasteiger partial charge in [-0.2, -0.15) is 0 Å². The topological polar surface area (TPSA) is 102 Å². The van der Waals surface area contributed by atoms with Gasteiger partial charge in [0.1, 0.15) is 12.6 Å². The first-order chi connectivity index (χ1) is 30.6. The van der Waals surface area contributed by atoms with Crippen molar-refractivity contribution in [2.45, 2.75) is 154 Å². The largest absolute Gasteiger partial charge is 0.544 e. The van der Waals surface area contributed by atoms with Crippen LogP contribution in [-0.4, -0.2) is 75.5 Å². The third-order valence-corrected chi connectivity index (χ3v) is 9.53. The van der Waals surface area contributed by atoms with Crippen molar-refractivity contribution >= 4 is 17.9 Å². The number of hydrogen-bond donors (Lipinski definition) is 0. The fourth-order valence-electron chi connectivity index (χ4n) is 5.93. The summed E-state index contributed by atoms with van der Waals surface area (Å²) >= 11 is 0. The first-order valence-electron chi connectivity index (χ1n) is 23.7. The molecule has 352 valence electrons. The normalized spacial score (nSPS) is 14.1. The molecule has 0 aromatic carbocycles. The van der Waals surface area contributed by atoms with Crippen molar-refractivity contribution in [1.82, 2.24) is 0 Å². The van der Waals surface area contributed by atoms with Gasteiger partial charge >= 0.3 is 11.9 Å². The third-order valence-electron chi connectivity index (χ3n) is 9.53. The van der Waals surface area contributed by atoms with E-state index in [1.54, 1.807) is 21.1 Å². The Morgan fingerprint density at radius 2 is 0.857 bits per heavy atom. The highest BCUT2D eigenvalue weighted by Gasteiger charge is 2.25. The van der Waals surface area contributed by atoms with Gasteiger partial charge in [-0.25, -0.2) is 0 Å². The van der Waals surface area contributed by atoms with E-state index in [0.29, 0.717) is 12.8 Å². The minimum Gasteiger partial charge on any atom is -0.544 e. The fourth-order valence-corrected chi connectivity index (χ4v) is 5.93. The first kappa shape index (κ1) is 58.5. The number of esters is 2. The molecule has 0 aromatic rings. The summed E-state index contributed by atoms with van der Waals surface area (Å²) in [5, 5.41) is 11.6. The molecule has 0 fully saturated rings. The summed E-state index contributed by atoms with van der Waals surface area (Å²) in [6, 6.07) is -0.751. The molecule has 0 saturated carbocycles. The quantitative estimate of drug-likeness (QED) is 0.0261. The molecule has 0 aliphatic carbocycles. The molecule has 0 saturated heterocycles. The van der Waals surface area contributed by atoms with Crippen molar-refractivity contribution in [3.63, 3.8) is 0 Å². The number of nitrogens with zero attached hydrogens (tertiary/aromatic N) is 1. The second kappa shape index (κ2) is 44.1. The van der Waals surface area contributed by atoms with Crippen molar-refractivity contribution in [1.29, 1.82) is 0 Å². The average molecular weight is 872 g/mol. The van der Waals surface area contributed by atoms with E-state index in [1.165, 1.54) is 0 Å². The standard InChI is InChI=1S/C55H85NO7/c1-6-8-10-12-14-16-18-20-22-24-25-26-27-28-30-31-33-35-37-39-41-43-45-53(57)62-50-51(49-61-48-47-52(55(59)60)56(3,4)5)63-54(58)46-44-42-40-38-36-34-32-29-23-21-19-17-15-13-11-9-7-2/h8-11,14-17,20-23,25-26,28,30,32-35,38,40,51-52H,6-7,12-13,18-19,24,27,29,31,36-37,39,41-50H2,1-5H3/b10-8+,11-9+,16-14+,17-15+,22-20+,23-21+,26-25+,30-28+,34-32+,35-33+,40-38+. The molecule has 0 heterocycles. The van der Waals surface area contributed by atoms with Crippen molar-refractivity contribution in [3.05, 3.63) is 134 Å². The molecule has 0 rings (SSSR count). The number of allylic oxidation sites excluding steroid dienone is 22. The Morgan fingerprint density at radius 3 is 1.25 bits per heavy atom. The zero-order valence-electron chi connectivity index (χ0n) is 39.9. The second-order valence-corrected chi connectivity index (χ2v) is 16.2. The van der Waals surface area contributed by atoms with Crippen LogP contribution in [-0.2, 0) is 28.6 Å². The highest BCUT2D eigenvalue weighted by atomic mass is 16.6. The van der Waals surface area contributed by atoms with Gasteiger partial charge in [0.25, 0.3) is 0 Å². The molecule has 0 spiro atoms.